The maximum absolute atomic E-state index is 12.3. The van der Waals surface area contributed by atoms with Gasteiger partial charge >= 0.3 is 0 Å². The van der Waals surface area contributed by atoms with E-state index in [9.17, 15) is 9.59 Å². The highest BCUT2D eigenvalue weighted by Gasteiger charge is 2.11. The molecular formula is C20H24N2O5. The van der Waals surface area contributed by atoms with Gasteiger partial charge in [0.2, 0.25) is 0 Å². The third kappa shape index (κ3) is 5.64. The van der Waals surface area contributed by atoms with Crippen LogP contribution in [0.25, 0.3) is 0 Å². The summed E-state index contributed by atoms with van der Waals surface area (Å²) >= 11 is 0. The number of benzene rings is 2. The van der Waals surface area contributed by atoms with Gasteiger partial charge in [0.1, 0.15) is 5.75 Å². The van der Waals surface area contributed by atoms with Crippen LogP contribution < -0.4 is 24.8 Å². The largest absolute Gasteiger partial charge is 0.497 e. The van der Waals surface area contributed by atoms with Crippen LogP contribution in [0.2, 0.25) is 0 Å². The Balaban J connectivity index is 1.83. The fourth-order valence-corrected chi connectivity index (χ4v) is 2.38. The molecule has 0 saturated heterocycles. The van der Waals surface area contributed by atoms with Crippen LogP contribution in [0.4, 0.5) is 0 Å². The van der Waals surface area contributed by atoms with Gasteiger partial charge in [-0.15, -0.1) is 0 Å². The summed E-state index contributed by atoms with van der Waals surface area (Å²) in [6, 6.07) is 11.8. The Bertz CT molecular complexity index is 774. The van der Waals surface area contributed by atoms with Crippen LogP contribution in [0.5, 0.6) is 17.2 Å². The lowest BCUT2D eigenvalue weighted by Gasteiger charge is -2.11. The molecule has 27 heavy (non-hydrogen) atoms. The van der Waals surface area contributed by atoms with Crippen LogP contribution in [0.1, 0.15) is 27.6 Å². The van der Waals surface area contributed by atoms with Crippen molar-refractivity contribution in [3.8, 4) is 17.2 Å². The minimum atomic E-state index is -0.252. The molecule has 0 spiro atoms. The van der Waals surface area contributed by atoms with E-state index in [0.29, 0.717) is 48.1 Å². The Kier molecular flexibility index (Phi) is 7.49. The van der Waals surface area contributed by atoms with Crippen molar-refractivity contribution in [1.29, 1.82) is 0 Å². The van der Waals surface area contributed by atoms with Crippen LogP contribution in [-0.4, -0.2) is 45.7 Å². The summed E-state index contributed by atoms with van der Waals surface area (Å²) in [5.41, 5.74) is 0.986. The zero-order chi connectivity index (χ0) is 19.6. The normalized spacial score (nSPS) is 10.0. The number of carbonyl (C=O) groups is 2. The van der Waals surface area contributed by atoms with Gasteiger partial charge in [-0.2, -0.15) is 0 Å². The van der Waals surface area contributed by atoms with Crippen LogP contribution in [0.3, 0.4) is 0 Å². The first kappa shape index (κ1) is 20.1. The Morgan fingerprint density at radius 2 is 1.41 bits per heavy atom. The van der Waals surface area contributed by atoms with Crippen molar-refractivity contribution in [3.05, 3.63) is 53.6 Å². The van der Waals surface area contributed by atoms with Crippen molar-refractivity contribution in [1.82, 2.24) is 10.6 Å². The van der Waals surface area contributed by atoms with E-state index in [-0.39, 0.29) is 11.8 Å². The number of rotatable bonds is 9. The van der Waals surface area contributed by atoms with E-state index in [4.69, 9.17) is 14.2 Å². The van der Waals surface area contributed by atoms with Gasteiger partial charge in [0.15, 0.2) is 11.5 Å². The number of amides is 2. The second kappa shape index (κ2) is 10.1. The fraction of sp³-hybridized carbons (Fsp3) is 0.300. The summed E-state index contributed by atoms with van der Waals surface area (Å²) < 4.78 is 15.7. The number of carbonyl (C=O) groups excluding carboxylic acids is 2. The van der Waals surface area contributed by atoms with Crippen molar-refractivity contribution in [2.24, 2.45) is 0 Å². The second-order valence-corrected chi connectivity index (χ2v) is 5.54. The molecule has 2 N–H and O–H groups in total. The Labute approximate surface area is 158 Å². The van der Waals surface area contributed by atoms with Gasteiger partial charge in [-0.3, -0.25) is 9.59 Å². The van der Waals surface area contributed by atoms with E-state index in [1.807, 2.05) is 6.92 Å². The van der Waals surface area contributed by atoms with Crippen molar-refractivity contribution >= 4 is 11.8 Å². The van der Waals surface area contributed by atoms with Gasteiger partial charge in [0.25, 0.3) is 11.8 Å². The Morgan fingerprint density at radius 3 is 1.96 bits per heavy atom. The van der Waals surface area contributed by atoms with E-state index in [1.54, 1.807) is 56.7 Å². The Morgan fingerprint density at radius 1 is 0.815 bits per heavy atom. The monoisotopic (exact) mass is 372 g/mol. The van der Waals surface area contributed by atoms with Crippen LogP contribution in [0.15, 0.2) is 42.5 Å². The average molecular weight is 372 g/mol. The standard InChI is InChI=1S/C20H24N2O5/c1-4-27-18-13-15(7-10-17(18)26-3)20(24)22-12-11-21-19(23)14-5-8-16(25-2)9-6-14/h5-10,13H,4,11-12H2,1-3H3,(H,21,23)(H,22,24). The average Bonchev–Trinajstić information content (AvgIpc) is 2.71. The van der Waals surface area contributed by atoms with E-state index in [0.717, 1.165) is 0 Å². The molecule has 2 rings (SSSR count). The number of methoxy groups -OCH3 is 2. The van der Waals surface area contributed by atoms with Gasteiger partial charge in [0.05, 0.1) is 20.8 Å². The molecule has 0 saturated carbocycles. The highest BCUT2D eigenvalue weighted by molar-refractivity contribution is 5.95. The molecule has 2 aromatic carbocycles. The topological polar surface area (TPSA) is 85.9 Å². The van der Waals surface area contributed by atoms with E-state index in [2.05, 4.69) is 10.6 Å². The molecule has 0 aliphatic carbocycles. The second-order valence-electron chi connectivity index (χ2n) is 5.54. The van der Waals surface area contributed by atoms with E-state index < -0.39 is 0 Å². The van der Waals surface area contributed by atoms with Gasteiger partial charge in [-0.1, -0.05) is 0 Å². The molecule has 7 nitrogen and oxygen atoms in total. The third-order valence-electron chi connectivity index (χ3n) is 3.77. The van der Waals surface area contributed by atoms with Crippen molar-refractivity contribution in [2.75, 3.05) is 33.9 Å². The number of nitrogens with one attached hydrogen (secondary N) is 2. The molecule has 2 amide bonds. The first-order valence-corrected chi connectivity index (χ1v) is 8.60. The summed E-state index contributed by atoms with van der Waals surface area (Å²) in [6.45, 7) is 2.94. The van der Waals surface area contributed by atoms with Gasteiger partial charge in [-0.05, 0) is 49.4 Å². The molecule has 0 heterocycles. The molecule has 0 unspecified atom stereocenters. The SMILES string of the molecule is CCOc1cc(C(=O)NCCNC(=O)c2ccc(OC)cc2)ccc1OC. The highest BCUT2D eigenvalue weighted by Crippen LogP contribution is 2.27. The molecule has 0 atom stereocenters. The third-order valence-corrected chi connectivity index (χ3v) is 3.77. The molecule has 2 aromatic rings. The molecule has 0 aliphatic rings. The molecular weight excluding hydrogens is 348 g/mol. The number of hydrogen-bond donors (Lipinski definition) is 2. The maximum Gasteiger partial charge on any atom is 0.251 e. The zero-order valence-electron chi connectivity index (χ0n) is 15.7. The number of hydrogen-bond acceptors (Lipinski definition) is 5. The minimum absolute atomic E-state index is 0.213. The summed E-state index contributed by atoms with van der Waals surface area (Å²) in [7, 11) is 3.11. The van der Waals surface area contributed by atoms with Crippen LogP contribution >= 0.6 is 0 Å². The smallest absolute Gasteiger partial charge is 0.251 e. The predicted molar refractivity (Wildman–Crippen MR) is 102 cm³/mol. The van der Waals surface area contributed by atoms with Crippen molar-refractivity contribution in [2.45, 2.75) is 6.92 Å². The summed E-state index contributed by atoms with van der Waals surface area (Å²) in [5.74, 6) is 1.30. The van der Waals surface area contributed by atoms with E-state index in [1.165, 1.54) is 0 Å². The first-order chi connectivity index (χ1) is 13.1. The zero-order valence-corrected chi connectivity index (χ0v) is 15.7. The van der Waals surface area contributed by atoms with Crippen LogP contribution in [0, 0.1) is 0 Å². The quantitative estimate of drug-likeness (QED) is 0.660. The van der Waals surface area contributed by atoms with Crippen molar-refractivity contribution < 1.29 is 23.8 Å². The van der Waals surface area contributed by atoms with E-state index >= 15 is 0 Å². The molecule has 0 bridgehead atoms. The van der Waals surface area contributed by atoms with Crippen molar-refractivity contribution in [3.63, 3.8) is 0 Å². The molecule has 0 aliphatic heterocycles. The molecule has 0 radical (unpaired) electrons. The molecule has 144 valence electrons. The Hall–Kier alpha value is -3.22. The fourth-order valence-electron chi connectivity index (χ4n) is 2.38. The lowest BCUT2D eigenvalue weighted by atomic mass is 10.2. The molecule has 7 heteroatoms. The minimum Gasteiger partial charge on any atom is -0.497 e. The lowest BCUT2D eigenvalue weighted by molar-refractivity contribution is 0.0927. The molecule has 0 fully saturated rings. The van der Waals surface area contributed by atoms with Gasteiger partial charge < -0.3 is 24.8 Å². The lowest BCUT2D eigenvalue weighted by Crippen LogP contribution is -2.34. The van der Waals surface area contributed by atoms with Gasteiger partial charge in [-0.25, -0.2) is 0 Å². The molecule has 0 aromatic heterocycles. The summed E-state index contributed by atoms with van der Waals surface area (Å²) in [4.78, 5) is 24.3. The maximum atomic E-state index is 12.3. The summed E-state index contributed by atoms with van der Waals surface area (Å²) in [6.07, 6.45) is 0. The van der Waals surface area contributed by atoms with Gasteiger partial charge in [0, 0.05) is 24.2 Å². The predicted octanol–water partition coefficient (Wildman–Crippen LogP) is 2.26. The number of ether oxygens (including phenoxy) is 3. The summed E-state index contributed by atoms with van der Waals surface area (Å²) in [5, 5.41) is 5.51. The van der Waals surface area contributed by atoms with Crippen LogP contribution in [-0.2, 0) is 0 Å². The first-order valence-electron chi connectivity index (χ1n) is 8.60. The highest BCUT2D eigenvalue weighted by atomic mass is 16.5.